The molecule has 2 N–H and O–H groups in total. The molecule has 1 saturated heterocycles. The zero-order valence-electron chi connectivity index (χ0n) is 15.7. The number of rotatable bonds is 7. The lowest BCUT2D eigenvalue weighted by molar-refractivity contribution is -0.123. The van der Waals surface area contributed by atoms with Gasteiger partial charge in [-0.2, -0.15) is 0 Å². The molecule has 27 heavy (non-hydrogen) atoms. The smallest absolute Gasteiger partial charge is 0.223 e. The predicted octanol–water partition coefficient (Wildman–Crippen LogP) is 3.41. The third kappa shape index (κ3) is 4.57. The van der Waals surface area contributed by atoms with Crippen LogP contribution in [0.3, 0.4) is 0 Å². The number of benzene rings is 2. The van der Waals surface area contributed by atoms with Crippen molar-refractivity contribution in [3.05, 3.63) is 71.3 Å². The van der Waals surface area contributed by atoms with Gasteiger partial charge in [-0.1, -0.05) is 54.6 Å². The molecule has 0 aromatic heterocycles. The number of carbonyl (C=O) groups excluding carboxylic acids is 1. The molecule has 2 aromatic carbocycles. The van der Waals surface area contributed by atoms with Gasteiger partial charge in [0, 0.05) is 12.5 Å². The van der Waals surface area contributed by atoms with E-state index in [4.69, 9.17) is 4.74 Å². The van der Waals surface area contributed by atoms with Gasteiger partial charge in [0.15, 0.2) is 0 Å². The average Bonchev–Trinajstić information content (AvgIpc) is 3.41. The van der Waals surface area contributed by atoms with Crippen LogP contribution in [0.25, 0.3) is 0 Å². The maximum Gasteiger partial charge on any atom is 0.223 e. The van der Waals surface area contributed by atoms with Crippen molar-refractivity contribution in [2.75, 3.05) is 13.1 Å². The van der Waals surface area contributed by atoms with Crippen molar-refractivity contribution in [3.63, 3.8) is 0 Å². The van der Waals surface area contributed by atoms with Crippen LogP contribution < -0.4 is 10.6 Å². The molecule has 1 heterocycles. The van der Waals surface area contributed by atoms with Crippen LogP contribution >= 0.6 is 0 Å². The van der Waals surface area contributed by atoms with Crippen LogP contribution in [0.4, 0.5) is 0 Å². The highest BCUT2D eigenvalue weighted by atomic mass is 16.5. The molecule has 0 radical (unpaired) electrons. The van der Waals surface area contributed by atoms with Crippen LogP contribution in [0.5, 0.6) is 0 Å². The normalized spacial score (nSPS) is 20.4. The summed E-state index contributed by atoms with van der Waals surface area (Å²) < 4.78 is 5.77. The lowest BCUT2D eigenvalue weighted by Gasteiger charge is -2.23. The minimum atomic E-state index is 0.227. The van der Waals surface area contributed by atoms with E-state index >= 15 is 0 Å². The number of nitrogens with one attached hydrogen (secondary N) is 2. The molecule has 1 aliphatic carbocycles. The number of ether oxygens (including phenoxy) is 1. The number of piperidine rings is 1. The van der Waals surface area contributed by atoms with Gasteiger partial charge < -0.3 is 15.4 Å². The van der Waals surface area contributed by atoms with Crippen LogP contribution in [0.15, 0.2) is 54.6 Å². The van der Waals surface area contributed by atoms with Crippen LogP contribution in [-0.2, 0) is 29.3 Å². The fourth-order valence-electron chi connectivity index (χ4n) is 4.12. The number of hydrogen-bond acceptors (Lipinski definition) is 3. The fraction of sp³-hybridized carbons (Fsp3) is 0.435. The van der Waals surface area contributed by atoms with Crippen LogP contribution in [0.2, 0.25) is 0 Å². The Balaban J connectivity index is 1.20. The summed E-state index contributed by atoms with van der Waals surface area (Å²) >= 11 is 0. The Morgan fingerprint density at radius 3 is 2.30 bits per heavy atom. The number of amides is 1. The minimum Gasteiger partial charge on any atom is -0.372 e. The summed E-state index contributed by atoms with van der Waals surface area (Å²) in [5, 5.41) is 6.51. The monoisotopic (exact) mass is 364 g/mol. The van der Waals surface area contributed by atoms with Gasteiger partial charge in [0.05, 0.1) is 13.2 Å². The second-order valence-corrected chi connectivity index (χ2v) is 7.88. The summed E-state index contributed by atoms with van der Waals surface area (Å²) in [6, 6.07) is 18.5. The van der Waals surface area contributed by atoms with Gasteiger partial charge in [-0.25, -0.2) is 0 Å². The Labute approximate surface area is 161 Å². The second kappa shape index (κ2) is 8.24. The molecular weight excluding hydrogens is 336 g/mol. The molecule has 1 atom stereocenters. The maximum atomic E-state index is 12.4. The third-order valence-electron chi connectivity index (χ3n) is 5.98. The Morgan fingerprint density at radius 1 is 0.963 bits per heavy atom. The average molecular weight is 364 g/mol. The van der Waals surface area contributed by atoms with Crippen molar-refractivity contribution in [2.24, 2.45) is 11.3 Å². The highest BCUT2D eigenvalue weighted by Crippen LogP contribution is 2.58. The fourth-order valence-corrected chi connectivity index (χ4v) is 4.12. The van der Waals surface area contributed by atoms with Crippen molar-refractivity contribution in [2.45, 2.75) is 39.0 Å². The van der Waals surface area contributed by atoms with Crippen LogP contribution in [0.1, 0.15) is 36.0 Å². The molecule has 4 nitrogen and oxygen atoms in total. The van der Waals surface area contributed by atoms with Crippen molar-refractivity contribution in [3.8, 4) is 0 Å². The lowest BCUT2D eigenvalue weighted by atomic mass is 9.92. The molecule has 1 saturated carbocycles. The highest BCUT2D eigenvalue weighted by Gasteiger charge is 2.57. The zero-order chi connectivity index (χ0) is 18.5. The predicted molar refractivity (Wildman–Crippen MR) is 106 cm³/mol. The highest BCUT2D eigenvalue weighted by molar-refractivity contribution is 5.82. The molecule has 1 aliphatic heterocycles. The first kappa shape index (κ1) is 18.2. The summed E-state index contributed by atoms with van der Waals surface area (Å²) in [5.74, 6) is 0.456. The van der Waals surface area contributed by atoms with E-state index in [1.165, 1.54) is 5.56 Å². The Morgan fingerprint density at radius 2 is 1.59 bits per heavy atom. The Kier molecular flexibility index (Phi) is 5.55. The third-order valence-corrected chi connectivity index (χ3v) is 5.98. The van der Waals surface area contributed by atoms with Crippen molar-refractivity contribution in [1.82, 2.24) is 10.6 Å². The van der Waals surface area contributed by atoms with E-state index in [2.05, 4.69) is 47.0 Å². The van der Waals surface area contributed by atoms with Gasteiger partial charge in [-0.3, -0.25) is 4.79 Å². The molecular formula is C23H28N2O2. The van der Waals surface area contributed by atoms with E-state index in [-0.39, 0.29) is 11.8 Å². The van der Waals surface area contributed by atoms with Gasteiger partial charge in [-0.15, -0.1) is 0 Å². The molecule has 4 heteroatoms. The quantitative estimate of drug-likeness (QED) is 0.792. The number of hydrogen-bond donors (Lipinski definition) is 2. The first-order valence-corrected chi connectivity index (χ1v) is 9.93. The first-order chi connectivity index (χ1) is 13.3. The maximum absolute atomic E-state index is 12.4. The molecule has 1 spiro atoms. The summed E-state index contributed by atoms with van der Waals surface area (Å²) in [6.07, 6.45) is 3.35. The summed E-state index contributed by atoms with van der Waals surface area (Å²) in [6.45, 7) is 3.93. The molecule has 142 valence electrons. The van der Waals surface area contributed by atoms with Crippen LogP contribution in [0, 0.1) is 11.3 Å². The zero-order valence-corrected chi connectivity index (χ0v) is 15.7. The van der Waals surface area contributed by atoms with Crippen molar-refractivity contribution >= 4 is 5.91 Å². The molecule has 0 bridgehead atoms. The van der Waals surface area contributed by atoms with E-state index in [1.54, 1.807) is 0 Å². The van der Waals surface area contributed by atoms with Gasteiger partial charge in [0.1, 0.15) is 0 Å². The molecule has 4 rings (SSSR count). The summed E-state index contributed by atoms with van der Waals surface area (Å²) in [7, 11) is 0. The standard InChI is InChI=1S/C23H28N2O2/c26-22(21-14-23(21)10-12-24-13-11-23)25-15-18-6-8-20(9-7-18)17-27-16-19-4-2-1-3-5-19/h1-9,21,24H,10-17H2,(H,25,26). The lowest BCUT2D eigenvalue weighted by Crippen LogP contribution is -2.33. The van der Waals surface area contributed by atoms with E-state index < -0.39 is 0 Å². The van der Waals surface area contributed by atoms with Crippen LogP contribution in [-0.4, -0.2) is 19.0 Å². The summed E-state index contributed by atoms with van der Waals surface area (Å²) in [4.78, 5) is 12.4. The summed E-state index contributed by atoms with van der Waals surface area (Å²) in [5.41, 5.74) is 3.77. The molecule has 2 aliphatic rings. The number of carbonyl (C=O) groups is 1. The van der Waals surface area contributed by atoms with Crippen molar-refractivity contribution < 1.29 is 9.53 Å². The van der Waals surface area contributed by atoms with Crippen molar-refractivity contribution in [1.29, 1.82) is 0 Å². The SMILES string of the molecule is O=C(NCc1ccc(COCc2ccccc2)cc1)C1CC12CCNCC2. The van der Waals surface area contributed by atoms with Gasteiger partial charge in [-0.05, 0) is 54.5 Å². The van der Waals surface area contributed by atoms with Gasteiger partial charge >= 0.3 is 0 Å². The Bertz CT molecular complexity index is 752. The topological polar surface area (TPSA) is 50.4 Å². The first-order valence-electron chi connectivity index (χ1n) is 9.93. The van der Waals surface area contributed by atoms with Gasteiger partial charge in [0.2, 0.25) is 5.91 Å². The van der Waals surface area contributed by atoms with E-state index in [0.717, 1.165) is 43.5 Å². The van der Waals surface area contributed by atoms with E-state index in [9.17, 15) is 4.79 Å². The van der Waals surface area contributed by atoms with Gasteiger partial charge in [0.25, 0.3) is 0 Å². The molecule has 2 fully saturated rings. The largest absolute Gasteiger partial charge is 0.372 e. The molecule has 2 aromatic rings. The van der Waals surface area contributed by atoms with E-state index in [1.807, 2.05) is 18.2 Å². The molecule has 1 amide bonds. The minimum absolute atomic E-state index is 0.227. The second-order valence-electron chi connectivity index (χ2n) is 7.88. The Hall–Kier alpha value is -2.17. The molecule has 1 unspecified atom stereocenters. The van der Waals surface area contributed by atoms with E-state index in [0.29, 0.717) is 25.2 Å².